The normalized spacial score (nSPS) is 35.2. The molecule has 4 aliphatic carbocycles. The second-order valence-electron chi connectivity index (χ2n) is 9.24. The van der Waals surface area contributed by atoms with E-state index >= 15 is 0 Å². The van der Waals surface area contributed by atoms with E-state index in [4.69, 9.17) is 0 Å². The molecule has 27 heavy (non-hydrogen) atoms. The van der Waals surface area contributed by atoms with Gasteiger partial charge in [0.15, 0.2) is 0 Å². The molecule has 6 nitrogen and oxygen atoms in total. The van der Waals surface area contributed by atoms with E-state index in [9.17, 15) is 18.3 Å². The predicted molar refractivity (Wildman–Crippen MR) is 101 cm³/mol. The first-order valence-electron chi connectivity index (χ1n) is 9.70. The molecule has 1 aromatic rings. The van der Waals surface area contributed by atoms with E-state index in [0.717, 1.165) is 32.1 Å². The third kappa shape index (κ3) is 3.52. The number of benzene rings is 1. The van der Waals surface area contributed by atoms with Gasteiger partial charge in [-0.15, -0.1) is 0 Å². The van der Waals surface area contributed by atoms with Crippen LogP contribution >= 0.6 is 0 Å². The number of nitrogens with one attached hydrogen (secondary N) is 2. The lowest BCUT2D eigenvalue weighted by Crippen LogP contribution is -2.65. The minimum Gasteiger partial charge on any atom is -0.390 e. The summed E-state index contributed by atoms with van der Waals surface area (Å²) in [7, 11) is -3.78. The minimum absolute atomic E-state index is 0.0230. The Bertz CT molecular complexity index is 821. The average Bonchev–Trinajstić information content (AvgIpc) is 2.56. The molecular weight excluding hydrogens is 364 g/mol. The van der Waals surface area contributed by atoms with Gasteiger partial charge in [0.2, 0.25) is 15.9 Å². The van der Waals surface area contributed by atoms with Crippen molar-refractivity contribution in [2.75, 3.05) is 0 Å². The number of hydrogen-bond donors (Lipinski definition) is 3. The summed E-state index contributed by atoms with van der Waals surface area (Å²) in [6.07, 6.45) is 4.45. The maximum Gasteiger partial charge on any atom is 0.241 e. The lowest BCUT2D eigenvalue weighted by atomic mass is 9.52. The zero-order valence-corrected chi connectivity index (χ0v) is 16.6. The second-order valence-corrected chi connectivity index (χ2v) is 10.9. The summed E-state index contributed by atoms with van der Waals surface area (Å²) in [5, 5.41) is 13.8. The Hall–Kier alpha value is -1.44. The van der Waals surface area contributed by atoms with E-state index in [2.05, 4.69) is 10.0 Å². The van der Waals surface area contributed by atoms with Crippen molar-refractivity contribution in [1.82, 2.24) is 10.0 Å². The quantitative estimate of drug-likeness (QED) is 0.712. The zero-order chi connectivity index (χ0) is 19.4. The van der Waals surface area contributed by atoms with Gasteiger partial charge >= 0.3 is 0 Å². The van der Waals surface area contributed by atoms with E-state index in [1.54, 1.807) is 32.0 Å². The van der Waals surface area contributed by atoms with Crippen molar-refractivity contribution in [2.45, 2.75) is 68.0 Å². The zero-order valence-electron chi connectivity index (χ0n) is 15.8. The van der Waals surface area contributed by atoms with E-state index in [1.807, 2.05) is 0 Å². The van der Waals surface area contributed by atoms with Gasteiger partial charge in [-0.3, -0.25) is 4.79 Å². The number of carbonyl (C=O) groups excluding carboxylic acids is 1. The molecule has 2 unspecified atom stereocenters. The van der Waals surface area contributed by atoms with Gasteiger partial charge in [0, 0.05) is 6.04 Å². The van der Waals surface area contributed by atoms with Crippen LogP contribution in [0.25, 0.3) is 0 Å². The highest BCUT2D eigenvalue weighted by atomic mass is 32.2. The molecule has 2 atom stereocenters. The van der Waals surface area contributed by atoms with Crippen LogP contribution in [0, 0.1) is 17.8 Å². The summed E-state index contributed by atoms with van der Waals surface area (Å²) in [6, 6.07) is 8.10. The standard InChI is InChI=1S/C20H28N2O4S/c1-19(2,22-27(25,26)16-6-4-3-5-7-16)18(23)21-17-14-8-13-9-15(17)12-20(24,10-13)11-14/h3-7,13-15,17,22,24H,8-12H2,1-2H3,(H,21,23). The Balaban J connectivity index is 1.46. The SMILES string of the molecule is CC(C)(NS(=O)(=O)c1ccccc1)C(=O)NC1C2CC3CC1CC(O)(C3)C2. The van der Waals surface area contributed by atoms with E-state index in [-0.39, 0.29) is 28.7 Å². The van der Waals surface area contributed by atoms with Crippen molar-refractivity contribution in [1.29, 1.82) is 0 Å². The first kappa shape index (κ1) is 18.9. The third-order valence-electron chi connectivity index (χ3n) is 6.55. The van der Waals surface area contributed by atoms with Gasteiger partial charge in [0.05, 0.1) is 10.5 Å². The lowest BCUT2D eigenvalue weighted by molar-refractivity contribution is -0.148. The summed E-state index contributed by atoms with van der Waals surface area (Å²) < 4.78 is 27.8. The summed E-state index contributed by atoms with van der Waals surface area (Å²) in [6.45, 7) is 3.18. The minimum atomic E-state index is -3.78. The summed E-state index contributed by atoms with van der Waals surface area (Å²) in [5.41, 5.74) is -1.82. The Morgan fingerprint density at radius 2 is 1.70 bits per heavy atom. The molecule has 0 saturated heterocycles. The molecule has 1 amide bonds. The topological polar surface area (TPSA) is 95.5 Å². The van der Waals surface area contributed by atoms with Crippen molar-refractivity contribution < 1.29 is 18.3 Å². The summed E-state index contributed by atoms with van der Waals surface area (Å²) >= 11 is 0. The Kier molecular flexibility index (Phi) is 4.40. The molecule has 0 heterocycles. The number of amides is 1. The molecule has 1 aromatic carbocycles. The molecule has 0 radical (unpaired) electrons. The molecule has 4 aliphatic rings. The van der Waals surface area contributed by atoms with Crippen LogP contribution in [-0.2, 0) is 14.8 Å². The molecule has 4 fully saturated rings. The van der Waals surface area contributed by atoms with Gasteiger partial charge < -0.3 is 10.4 Å². The molecule has 7 heteroatoms. The first-order valence-corrected chi connectivity index (χ1v) is 11.2. The van der Waals surface area contributed by atoms with Crippen LogP contribution in [0.15, 0.2) is 35.2 Å². The first-order chi connectivity index (χ1) is 12.6. The van der Waals surface area contributed by atoms with E-state index < -0.39 is 21.2 Å². The number of rotatable bonds is 5. The fourth-order valence-corrected chi connectivity index (χ4v) is 6.99. The third-order valence-corrected chi connectivity index (χ3v) is 8.22. The number of sulfonamides is 1. The van der Waals surface area contributed by atoms with Crippen LogP contribution in [0.1, 0.15) is 46.0 Å². The lowest BCUT2D eigenvalue weighted by Gasteiger charge is -2.58. The van der Waals surface area contributed by atoms with Gasteiger partial charge in [-0.2, -0.15) is 4.72 Å². The predicted octanol–water partition coefficient (Wildman–Crippen LogP) is 1.80. The van der Waals surface area contributed by atoms with Gasteiger partial charge in [-0.05, 0) is 75.8 Å². The fraction of sp³-hybridized carbons (Fsp3) is 0.650. The van der Waals surface area contributed by atoms with Crippen LogP contribution in [-0.4, -0.2) is 36.6 Å². The Labute approximate surface area is 160 Å². The van der Waals surface area contributed by atoms with Crippen LogP contribution in [0.5, 0.6) is 0 Å². The van der Waals surface area contributed by atoms with Crippen LogP contribution in [0.2, 0.25) is 0 Å². The van der Waals surface area contributed by atoms with Gasteiger partial charge in [-0.1, -0.05) is 18.2 Å². The molecular formula is C20H28N2O4S. The smallest absolute Gasteiger partial charge is 0.241 e. The number of aliphatic hydroxyl groups is 1. The molecule has 4 bridgehead atoms. The number of hydrogen-bond acceptors (Lipinski definition) is 4. The molecule has 0 aliphatic heterocycles. The maximum atomic E-state index is 12.9. The van der Waals surface area contributed by atoms with Gasteiger partial charge in [-0.25, -0.2) is 8.42 Å². The monoisotopic (exact) mass is 392 g/mol. The molecule has 0 aromatic heterocycles. The highest BCUT2D eigenvalue weighted by molar-refractivity contribution is 7.89. The Morgan fingerprint density at radius 3 is 2.26 bits per heavy atom. The highest BCUT2D eigenvalue weighted by Gasteiger charge is 2.55. The van der Waals surface area contributed by atoms with E-state index in [1.165, 1.54) is 12.1 Å². The van der Waals surface area contributed by atoms with Crippen molar-refractivity contribution in [2.24, 2.45) is 17.8 Å². The highest BCUT2D eigenvalue weighted by Crippen LogP contribution is 2.55. The number of carbonyl (C=O) groups is 1. The largest absolute Gasteiger partial charge is 0.390 e. The molecule has 3 N–H and O–H groups in total. The molecule has 4 saturated carbocycles. The summed E-state index contributed by atoms with van der Waals surface area (Å²) in [5.74, 6) is 0.815. The molecule has 0 spiro atoms. The maximum absolute atomic E-state index is 12.9. The molecule has 148 valence electrons. The van der Waals surface area contributed by atoms with E-state index in [0.29, 0.717) is 5.92 Å². The van der Waals surface area contributed by atoms with Crippen LogP contribution < -0.4 is 10.0 Å². The van der Waals surface area contributed by atoms with Crippen molar-refractivity contribution in [3.05, 3.63) is 30.3 Å². The van der Waals surface area contributed by atoms with Crippen LogP contribution in [0.3, 0.4) is 0 Å². The fourth-order valence-electron chi connectivity index (χ4n) is 5.59. The van der Waals surface area contributed by atoms with Crippen molar-refractivity contribution >= 4 is 15.9 Å². The van der Waals surface area contributed by atoms with Crippen LogP contribution in [0.4, 0.5) is 0 Å². The van der Waals surface area contributed by atoms with Crippen molar-refractivity contribution in [3.63, 3.8) is 0 Å². The molecule has 5 rings (SSSR count). The summed E-state index contributed by atoms with van der Waals surface area (Å²) in [4.78, 5) is 13.1. The average molecular weight is 393 g/mol. The van der Waals surface area contributed by atoms with Gasteiger partial charge in [0.1, 0.15) is 5.54 Å². The van der Waals surface area contributed by atoms with Crippen molar-refractivity contribution in [3.8, 4) is 0 Å². The Morgan fingerprint density at radius 1 is 1.11 bits per heavy atom. The van der Waals surface area contributed by atoms with Gasteiger partial charge in [0.25, 0.3) is 0 Å². The second kappa shape index (κ2) is 6.29.